The van der Waals surface area contributed by atoms with Gasteiger partial charge in [-0.25, -0.2) is 0 Å². The van der Waals surface area contributed by atoms with Gasteiger partial charge in [0.2, 0.25) is 17.7 Å². The van der Waals surface area contributed by atoms with Crippen molar-refractivity contribution in [3.8, 4) is 0 Å². The number of amides is 3. The fraction of sp³-hybridized carbons (Fsp3) is 0.382. The minimum Gasteiger partial charge on any atom is -0.343 e. The maximum atomic E-state index is 13.9. The first-order valence-corrected chi connectivity index (χ1v) is 14.7. The molecule has 0 radical (unpaired) electrons. The third-order valence-electron chi connectivity index (χ3n) is 7.69. The lowest BCUT2D eigenvalue weighted by Crippen LogP contribution is -2.54. The van der Waals surface area contributed by atoms with Crippen LogP contribution in [-0.4, -0.2) is 72.8 Å². The van der Waals surface area contributed by atoms with E-state index in [1.807, 2.05) is 88.7 Å². The normalized spacial score (nSPS) is 15.3. The van der Waals surface area contributed by atoms with E-state index in [9.17, 15) is 14.4 Å². The molecule has 3 amide bonds. The van der Waals surface area contributed by atoms with Crippen LogP contribution < -0.4 is 10.6 Å². The quantitative estimate of drug-likeness (QED) is 0.319. The van der Waals surface area contributed by atoms with Gasteiger partial charge in [-0.3, -0.25) is 14.4 Å². The molecule has 1 heterocycles. The Kier molecular flexibility index (Phi) is 11.5. The van der Waals surface area contributed by atoms with Gasteiger partial charge in [0, 0.05) is 25.7 Å². The van der Waals surface area contributed by atoms with Crippen molar-refractivity contribution < 1.29 is 14.4 Å². The Hall–Kier alpha value is -3.97. The highest BCUT2D eigenvalue weighted by molar-refractivity contribution is 5.88. The number of likely N-dealkylation sites (tertiary alicyclic amines) is 1. The summed E-state index contributed by atoms with van der Waals surface area (Å²) >= 11 is 0. The van der Waals surface area contributed by atoms with Crippen molar-refractivity contribution in [1.82, 2.24) is 20.4 Å². The standard InChI is InChI=1S/C34H42N4O3/c1-35-25-32(39)36-31(20-19-27-12-5-2-6-13-27)34(41)38-22-11-18-30(38)26-37(23-21-28-14-7-3-8-15-28)33(40)24-29-16-9-4-10-17-29/h2-10,12-17,30-31,35H,11,18-26H2,1H3,(H,36,39)/t30?,31-/m0/s1. The zero-order valence-corrected chi connectivity index (χ0v) is 24.0. The molecule has 1 unspecified atom stereocenters. The summed E-state index contributed by atoms with van der Waals surface area (Å²) in [7, 11) is 1.72. The molecular weight excluding hydrogens is 512 g/mol. The van der Waals surface area contributed by atoms with Gasteiger partial charge in [0.05, 0.1) is 13.0 Å². The predicted octanol–water partition coefficient (Wildman–Crippen LogP) is 3.63. The van der Waals surface area contributed by atoms with E-state index in [1.165, 1.54) is 5.56 Å². The van der Waals surface area contributed by atoms with Gasteiger partial charge < -0.3 is 20.4 Å². The summed E-state index contributed by atoms with van der Waals surface area (Å²) in [6.07, 6.45) is 4.01. The summed E-state index contributed by atoms with van der Waals surface area (Å²) in [5.74, 6) is -0.196. The molecule has 0 spiro atoms. The Morgan fingerprint density at radius 3 is 2.05 bits per heavy atom. The van der Waals surface area contributed by atoms with Crippen molar-refractivity contribution in [2.75, 3.05) is 33.2 Å². The van der Waals surface area contributed by atoms with Crippen molar-refractivity contribution in [3.05, 3.63) is 108 Å². The van der Waals surface area contributed by atoms with Crippen LogP contribution in [0.25, 0.3) is 0 Å². The average molecular weight is 555 g/mol. The van der Waals surface area contributed by atoms with Gasteiger partial charge in [0.15, 0.2) is 0 Å². The zero-order chi connectivity index (χ0) is 28.9. The Balaban J connectivity index is 1.47. The van der Waals surface area contributed by atoms with E-state index >= 15 is 0 Å². The summed E-state index contributed by atoms with van der Waals surface area (Å²) < 4.78 is 0. The molecule has 3 aromatic rings. The average Bonchev–Trinajstić information content (AvgIpc) is 3.47. The topological polar surface area (TPSA) is 81.8 Å². The number of carbonyl (C=O) groups excluding carboxylic acids is 3. The first kappa shape index (κ1) is 30.0. The van der Waals surface area contributed by atoms with E-state index < -0.39 is 6.04 Å². The lowest BCUT2D eigenvalue weighted by Gasteiger charge is -2.33. The molecule has 1 saturated heterocycles. The van der Waals surface area contributed by atoms with Crippen LogP contribution in [0.15, 0.2) is 91.0 Å². The largest absolute Gasteiger partial charge is 0.343 e. The monoisotopic (exact) mass is 554 g/mol. The fourth-order valence-electron chi connectivity index (χ4n) is 5.50. The molecule has 0 bridgehead atoms. The second-order valence-corrected chi connectivity index (χ2v) is 10.7. The summed E-state index contributed by atoms with van der Waals surface area (Å²) in [6.45, 7) is 1.86. The molecule has 41 heavy (non-hydrogen) atoms. The fourth-order valence-corrected chi connectivity index (χ4v) is 5.50. The molecule has 2 N–H and O–H groups in total. The van der Waals surface area contributed by atoms with Gasteiger partial charge in [-0.1, -0.05) is 91.0 Å². The molecular formula is C34H42N4O3. The number of nitrogens with zero attached hydrogens (tertiary/aromatic N) is 2. The number of aryl methyl sites for hydroxylation is 1. The lowest BCUT2D eigenvalue weighted by molar-refractivity contribution is -0.139. The first-order valence-electron chi connectivity index (χ1n) is 14.7. The van der Waals surface area contributed by atoms with Crippen molar-refractivity contribution in [1.29, 1.82) is 0 Å². The van der Waals surface area contributed by atoms with Crippen LogP contribution >= 0.6 is 0 Å². The SMILES string of the molecule is CNCC(=O)N[C@@H](CCc1ccccc1)C(=O)N1CCCC1CN(CCc1ccccc1)C(=O)Cc1ccccc1. The third-order valence-corrected chi connectivity index (χ3v) is 7.69. The van der Waals surface area contributed by atoms with E-state index in [-0.39, 0.29) is 30.3 Å². The number of carbonyl (C=O) groups is 3. The number of benzene rings is 3. The van der Waals surface area contributed by atoms with Crippen LogP contribution in [0.1, 0.15) is 36.0 Å². The number of likely N-dealkylation sites (N-methyl/N-ethyl adjacent to an activating group) is 1. The van der Waals surface area contributed by atoms with Crippen LogP contribution in [0.4, 0.5) is 0 Å². The van der Waals surface area contributed by atoms with Crippen LogP contribution in [0.2, 0.25) is 0 Å². The molecule has 3 aromatic carbocycles. The highest BCUT2D eigenvalue weighted by atomic mass is 16.2. The molecule has 1 fully saturated rings. The highest BCUT2D eigenvalue weighted by Gasteiger charge is 2.35. The van der Waals surface area contributed by atoms with E-state index in [2.05, 4.69) is 22.8 Å². The lowest BCUT2D eigenvalue weighted by atomic mass is 10.0. The van der Waals surface area contributed by atoms with E-state index in [0.29, 0.717) is 38.9 Å². The minimum absolute atomic E-state index is 0.0635. The van der Waals surface area contributed by atoms with Gasteiger partial charge in [0.25, 0.3) is 0 Å². The Labute approximate surface area is 243 Å². The second-order valence-electron chi connectivity index (χ2n) is 10.7. The molecule has 7 heteroatoms. The molecule has 2 atom stereocenters. The van der Waals surface area contributed by atoms with Gasteiger partial charge in [-0.15, -0.1) is 0 Å². The van der Waals surface area contributed by atoms with Crippen LogP contribution in [0.3, 0.4) is 0 Å². The van der Waals surface area contributed by atoms with Gasteiger partial charge in [-0.05, 0) is 55.8 Å². The van der Waals surface area contributed by atoms with E-state index in [1.54, 1.807) is 7.05 Å². The molecule has 0 aromatic heterocycles. The van der Waals surface area contributed by atoms with Crippen molar-refractivity contribution in [2.24, 2.45) is 0 Å². The zero-order valence-electron chi connectivity index (χ0n) is 24.0. The maximum absolute atomic E-state index is 13.9. The number of nitrogens with one attached hydrogen (secondary N) is 2. The van der Waals surface area contributed by atoms with Crippen LogP contribution in [-0.2, 0) is 33.6 Å². The first-order chi connectivity index (χ1) is 20.0. The summed E-state index contributed by atoms with van der Waals surface area (Å²) in [5, 5.41) is 5.84. The molecule has 0 saturated carbocycles. The van der Waals surface area contributed by atoms with Crippen LogP contribution in [0, 0.1) is 0 Å². The second kappa shape index (κ2) is 15.7. The van der Waals surface area contributed by atoms with E-state index in [4.69, 9.17) is 0 Å². The predicted molar refractivity (Wildman–Crippen MR) is 162 cm³/mol. The highest BCUT2D eigenvalue weighted by Crippen LogP contribution is 2.22. The van der Waals surface area contributed by atoms with Gasteiger partial charge in [0.1, 0.15) is 6.04 Å². The summed E-state index contributed by atoms with van der Waals surface area (Å²) in [4.78, 5) is 43.9. The van der Waals surface area contributed by atoms with Crippen molar-refractivity contribution in [2.45, 2.75) is 50.6 Å². The van der Waals surface area contributed by atoms with Crippen molar-refractivity contribution in [3.63, 3.8) is 0 Å². The molecule has 216 valence electrons. The number of hydrogen-bond donors (Lipinski definition) is 2. The summed E-state index contributed by atoms with van der Waals surface area (Å²) in [6, 6.07) is 29.3. The number of rotatable bonds is 14. The molecule has 1 aliphatic rings. The van der Waals surface area contributed by atoms with Crippen molar-refractivity contribution >= 4 is 17.7 Å². The maximum Gasteiger partial charge on any atom is 0.245 e. The molecule has 7 nitrogen and oxygen atoms in total. The van der Waals surface area contributed by atoms with E-state index in [0.717, 1.165) is 30.4 Å². The Bertz CT molecular complexity index is 1240. The Morgan fingerprint density at radius 2 is 1.44 bits per heavy atom. The number of hydrogen-bond acceptors (Lipinski definition) is 4. The third kappa shape index (κ3) is 9.29. The van der Waals surface area contributed by atoms with Crippen LogP contribution in [0.5, 0.6) is 0 Å². The molecule has 4 rings (SSSR count). The molecule has 0 aliphatic carbocycles. The Morgan fingerprint density at radius 1 is 0.854 bits per heavy atom. The minimum atomic E-state index is -0.616. The smallest absolute Gasteiger partial charge is 0.245 e. The summed E-state index contributed by atoms with van der Waals surface area (Å²) in [5.41, 5.74) is 3.29. The van der Waals surface area contributed by atoms with Gasteiger partial charge >= 0.3 is 0 Å². The van der Waals surface area contributed by atoms with Gasteiger partial charge in [-0.2, -0.15) is 0 Å². The molecule has 1 aliphatic heterocycles.